The molecule has 0 fully saturated rings. The molecule has 1 N–H and O–H groups in total. The van der Waals surface area contributed by atoms with Gasteiger partial charge in [0.05, 0.1) is 4.90 Å². The van der Waals surface area contributed by atoms with E-state index >= 15 is 0 Å². The monoisotopic (exact) mass is 312 g/mol. The van der Waals surface area contributed by atoms with E-state index in [2.05, 4.69) is 5.32 Å². The fraction of sp³-hybridized carbons (Fsp3) is 0.625. The summed E-state index contributed by atoms with van der Waals surface area (Å²) in [7, 11) is -1.43. The van der Waals surface area contributed by atoms with Crippen molar-refractivity contribution >= 4 is 10.0 Å². The van der Waals surface area contributed by atoms with E-state index in [1.54, 1.807) is 16.4 Å². The normalized spacial score (nSPS) is 12.3. The molecule has 0 atom stereocenters. The molecule has 0 unspecified atom stereocenters. The van der Waals surface area contributed by atoms with Crippen molar-refractivity contribution in [1.82, 2.24) is 9.62 Å². The van der Waals surface area contributed by atoms with Crippen LogP contribution in [-0.4, -0.2) is 39.4 Å². The highest BCUT2D eigenvalue weighted by molar-refractivity contribution is 7.89. The summed E-state index contributed by atoms with van der Waals surface area (Å²) < 4.78 is 26.7. The quantitative estimate of drug-likeness (QED) is 0.713. The van der Waals surface area contributed by atoms with E-state index < -0.39 is 10.0 Å². The lowest BCUT2D eigenvalue weighted by Crippen LogP contribution is -2.34. The smallest absolute Gasteiger partial charge is 0.243 e. The molecule has 120 valence electrons. The van der Waals surface area contributed by atoms with E-state index in [4.69, 9.17) is 0 Å². The molecule has 0 heterocycles. The van der Waals surface area contributed by atoms with Gasteiger partial charge in [-0.1, -0.05) is 32.9 Å². The van der Waals surface area contributed by atoms with Crippen LogP contribution < -0.4 is 5.32 Å². The lowest BCUT2D eigenvalue weighted by molar-refractivity contribution is 0.381. The molecule has 1 aromatic rings. The van der Waals surface area contributed by atoms with Gasteiger partial charge in [0.25, 0.3) is 0 Å². The molecule has 0 aliphatic carbocycles. The summed E-state index contributed by atoms with van der Waals surface area (Å²) in [5.41, 5.74) is 1.18. The van der Waals surface area contributed by atoms with Crippen LogP contribution >= 0.6 is 0 Å². The number of nitrogens with zero attached hydrogens (tertiary/aromatic N) is 1. The third-order valence-corrected chi connectivity index (χ3v) is 5.33. The number of sulfonamides is 1. The Morgan fingerprint density at radius 3 is 2.29 bits per heavy atom. The summed E-state index contributed by atoms with van der Waals surface area (Å²) in [5.74, 6) is 0.320. The molecule has 1 aromatic carbocycles. The van der Waals surface area contributed by atoms with E-state index in [-0.39, 0.29) is 0 Å². The molecule has 0 aliphatic heterocycles. The Balaban J connectivity index is 2.83. The number of rotatable bonds is 9. The van der Waals surface area contributed by atoms with Gasteiger partial charge in [-0.3, -0.25) is 0 Å². The van der Waals surface area contributed by atoms with Crippen LogP contribution in [-0.2, 0) is 16.4 Å². The Labute approximate surface area is 129 Å². The molecule has 0 radical (unpaired) electrons. The molecule has 0 saturated carbocycles. The summed E-state index contributed by atoms with van der Waals surface area (Å²) in [6, 6.07) is 7.30. The van der Waals surface area contributed by atoms with Crippen LogP contribution in [0.4, 0.5) is 0 Å². The Kier molecular flexibility index (Phi) is 7.35. The zero-order valence-electron chi connectivity index (χ0n) is 13.6. The first-order chi connectivity index (χ1) is 9.91. The molecule has 0 saturated heterocycles. The Morgan fingerprint density at radius 2 is 1.81 bits per heavy atom. The standard InChI is InChI=1S/C16H28N2O2S/c1-5-18(13-14(2)3)21(19,20)16-10-8-15(9-11-16)7-6-12-17-4/h8-11,14,17H,5-7,12-13H2,1-4H3. The fourth-order valence-electron chi connectivity index (χ4n) is 2.25. The molecule has 0 aliphatic rings. The van der Waals surface area contributed by atoms with Gasteiger partial charge in [0.1, 0.15) is 0 Å². The average molecular weight is 312 g/mol. The van der Waals surface area contributed by atoms with Crippen LogP contribution in [0.1, 0.15) is 32.8 Å². The second kappa shape index (κ2) is 8.51. The van der Waals surface area contributed by atoms with Crippen molar-refractivity contribution < 1.29 is 8.42 Å². The minimum Gasteiger partial charge on any atom is -0.320 e. The van der Waals surface area contributed by atoms with Gasteiger partial charge in [0.15, 0.2) is 0 Å². The predicted octanol–water partition coefficient (Wildman–Crippen LogP) is 2.51. The predicted molar refractivity (Wildman–Crippen MR) is 88.0 cm³/mol. The van der Waals surface area contributed by atoms with Crippen LogP contribution in [0.25, 0.3) is 0 Å². The van der Waals surface area contributed by atoms with E-state index in [0.29, 0.717) is 23.9 Å². The van der Waals surface area contributed by atoms with E-state index in [1.807, 2.05) is 40.0 Å². The minimum atomic E-state index is -3.37. The molecule has 0 spiro atoms. The minimum absolute atomic E-state index is 0.320. The van der Waals surface area contributed by atoms with Crippen molar-refractivity contribution in [3.8, 4) is 0 Å². The molecule has 4 nitrogen and oxygen atoms in total. The van der Waals surface area contributed by atoms with Crippen LogP contribution in [0, 0.1) is 5.92 Å². The number of hydrogen-bond donors (Lipinski definition) is 1. The maximum atomic E-state index is 12.6. The van der Waals surface area contributed by atoms with Gasteiger partial charge in [-0.15, -0.1) is 0 Å². The zero-order chi connectivity index (χ0) is 15.9. The van der Waals surface area contributed by atoms with Crippen molar-refractivity contribution in [1.29, 1.82) is 0 Å². The van der Waals surface area contributed by atoms with Crippen molar-refractivity contribution in [2.45, 2.75) is 38.5 Å². The van der Waals surface area contributed by atoms with Gasteiger partial charge in [-0.05, 0) is 50.0 Å². The highest BCUT2D eigenvalue weighted by Crippen LogP contribution is 2.18. The maximum absolute atomic E-state index is 12.6. The van der Waals surface area contributed by atoms with E-state index in [1.165, 1.54) is 5.56 Å². The fourth-order valence-corrected chi connectivity index (χ4v) is 3.86. The van der Waals surface area contributed by atoms with E-state index in [9.17, 15) is 8.42 Å². The molecule has 21 heavy (non-hydrogen) atoms. The summed E-state index contributed by atoms with van der Waals surface area (Å²) >= 11 is 0. The highest BCUT2D eigenvalue weighted by atomic mass is 32.2. The SMILES string of the molecule is CCN(CC(C)C)S(=O)(=O)c1ccc(CCCNC)cc1. The first-order valence-corrected chi connectivity index (χ1v) is 9.09. The zero-order valence-corrected chi connectivity index (χ0v) is 14.4. The van der Waals surface area contributed by atoms with Gasteiger partial charge in [0, 0.05) is 13.1 Å². The molecular weight excluding hydrogens is 284 g/mol. The molecule has 0 aromatic heterocycles. The first-order valence-electron chi connectivity index (χ1n) is 7.65. The summed E-state index contributed by atoms with van der Waals surface area (Å²) in [4.78, 5) is 0.391. The highest BCUT2D eigenvalue weighted by Gasteiger charge is 2.23. The number of hydrogen-bond acceptors (Lipinski definition) is 3. The van der Waals surface area contributed by atoms with Crippen molar-refractivity contribution in [3.05, 3.63) is 29.8 Å². The Morgan fingerprint density at radius 1 is 1.19 bits per heavy atom. The first kappa shape index (κ1) is 18.1. The van der Waals surface area contributed by atoms with Crippen LogP contribution in [0.2, 0.25) is 0 Å². The number of benzene rings is 1. The molecule has 0 amide bonds. The largest absolute Gasteiger partial charge is 0.320 e. The number of aryl methyl sites for hydroxylation is 1. The van der Waals surface area contributed by atoms with Gasteiger partial charge in [0.2, 0.25) is 10.0 Å². The van der Waals surface area contributed by atoms with Crippen LogP contribution in [0.15, 0.2) is 29.2 Å². The second-order valence-electron chi connectivity index (χ2n) is 5.70. The molecular formula is C16H28N2O2S. The third kappa shape index (κ3) is 5.41. The molecule has 1 rings (SSSR count). The molecule has 0 bridgehead atoms. The Hall–Kier alpha value is -0.910. The summed E-state index contributed by atoms with van der Waals surface area (Å²) in [6.07, 6.45) is 2.02. The van der Waals surface area contributed by atoms with Crippen molar-refractivity contribution in [3.63, 3.8) is 0 Å². The number of nitrogens with one attached hydrogen (secondary N) is 1. The topological polar surface area (TPSA) is 49.4 Å². The average Bonchev–Trinajstić information content (AvgIpc) is 2.45. The van der Waals surface area contributed by atoms with Gasteiger partial charge >= 0.3 is 0 Å². The van der Waals surface area contributed by atoms with Crippen LogP contribution in [0.3, 0.4) is 0 Å². The van der Waals surface area contributed by atoms with Gasteiger partial charge in [-0.25, -0.2) is 8.42 Å². The molecule has 5 heteroatoms. The maximum Gasteiger partial charge on any atom is 0.243 e. The van der Waals surface area contributed by atoms with Crippen molar-refractivity contribution in [2.75, 3.05) is 26.7 Å². The lowest BCUT2D eigenvalue weighted by Gasteiger charge is -2.22. The van der Waals surface area contributed by atoms with Crippen molar-refractivity contribution in [2.24, 2.45) is 5.92 Å². The summed E-state index contributed by atoms with van der Waals surface area (Å²) in [6.45, 7) is 7.98. The van der Waals surface area contributed by atoms with E-state index in [0.717, 1.165) is 19.4 Å². The van der Waals surface area contributed by atoms with Gasteiger partial charge in [-0.2, -0.15) is 4.31 Å². The second-order valence-corrected chi connectivity index (χ2v) is 7.64. The van der Waals surface area contributed by atoms with Gasteiger partial charge < -0.3 is 5.32 Å². The summed E-state index contributed by atoms with van der Waals surface area (Å²) in [5, 5.41) is 3.11. The lowest BCUT2D eigenvalue weighted by atomic mass is 10.1. The third-order valence-electron chi connectivity index (χ3n) is 3.37. The van der Waals surface area contributed by atoms with Crippen LogP contribution in [0.5, 0.6) is 0 Å². The Bertz CT molecular complexity index is 510.